The molecule has 1 aliphatic rings. The van der Waals surface area contributed by atoms with Crippen LogP contribution in [0.1, 0.15) is 6.42 Å². The molecule has 0 bridgehead atoms. The molecule has 0 amide bonds. The molecule has 1 aromatic heterocycles. The van der Waals surface area contributed by atoms with Gasteiger partial charge in [-0.3, -0.25) is 4.72 Å². The Hall–Kier alpha value is -2.42. The van der Waals surface area contributed by atoms with Crippen molar-refractivity contribution in [3.8, 4) is 5.88 Å². The number of hydrogen-bond acceptors (Lipinski definition) is 6. The summed E-state index contributed by atoms with van der Waals surface area (Å²) in [5.41, 5.74) is 1.15. The van der Waals surface area contributed by atoms with Crippen molar-refractivity contribution in [3.63, 3.8) is 0 Å². The number of hydrogen-bond donors (Lipinski definition) is 1. The highest BCUT2D eigenvalue weighted by Gasteiger charge is 2.25. The summed E-state index contributed by atoms with van der Waals surface area (Å²) in [5, 5.41) is 0.116. The number of benzene rings is 2. The van der Waals surface area contributed by atoms with Gasteiger partial charge in [0.2, 0.25) is 5.82 Å². The zero-order chi connectivity index (χ0) is 18.9. The van der Waals surface area contributed by atoms with E-state index in [1.54, 1.807) is 30.3 Å². The van der Waals surface area contributed by atoms with Gasteiger partial charge in [0.25, 0.3) is 15.9 Å². The minimum Gasteiger partial charge on any atom is -0.469 e. The lowest BCUT2D eigenvalue weighted by Crippen LogP contribution is -2.20. The number of ether oxygens (including phenoxy) is 2. The van der Waals surface area contributed by atoms with E-state index >= 15 is 0 Å². The third-order valence-corrected chi connectivity index (χ3v) is 5.90. The minimum atomic E-state index is -3.96. The fourth-order valence-corrected chi connectivity index (χ4v) is 4.26. The first-order chi connectivity index (χ1) is 13.0. The van der Waals surface area contributed by atoms with Gasteiger partial charge in [0.15, 0.2) is 0 Å². The van der Waals surface area contributed by atoms with Gasteiger partial charge >= 0.3 is 0 Å². The van der Waals surface area contributed by atoms with Crippen LogP contribution in [-0.2, 0) is 14.8 Å². The van der Waals surface area contributed by atoms with Crippen molar-refractivity contribution in [1.29, 1.82) is 0 Å². The molecule has 1 saturated heterocycles. The number of nitrogens with one attached hydrogen (secondary N) is 1. The van der Waals surface area contributed by atoms with Crippen LogP contribution in [0.2, 0.25) is 5.02 Å². The molecule has 0 aliphatic carbocycles. The molecule has 7 nitrogen and oxygen atoms in total. The van der Waals surface area contributed by atoms with Crippen molar-refractivity contribution in [2.75, 3.05) is 17.9 Å². The average Bonchev–Trinajstić information content (AvgIpc) is 3.15. The summed E-state index contributed by atoms with van der Waals surface area (Å²) < 4.78 is 39.2. The summed E-state index contributed by atoms with van der Waals surface area (Å²) in [5.74, 6) is 0.125. The van der Waals surface area contributed by atoms with Gasteiger partial charge in [0.05, 0.1) is 29.3 Å². The Labute approximate surface area is 161 Å². The second kappa shape index (κ2) is 7.30. The molecule has 2 aromatic carbocycles. The smallest absolute Gasteiger partial charge is 0.264 e. The molecule has 2 heterocycles. The van der Waals surface area contributed by atoms with Crippen LogP contribution in [0.25, 0.3) is 11.0 Å². The second-order valence-electron chi connectivity index (χ2n) is 6.01. The summed E-state index contributed by atoms with van der Waals surface area (Å²) in [6, 6.07) is 13.3. The Morgan fingerprint density at radius 1 is 1.07 bits per heavy atom. The lowest BCUT2D eigenvalue weighted by atomic mass is 10.3. The largest absolute Gasteiger partial charge is 0.469 e. The lowest BCUT2D eigenvalue weighted by molar-refractivity contribution is 0.138. The molecule has 9 heteroatoms. The molecule has 140 valence electrons. The van der Waals surface area contributed by atoms with Gasteiger partial charge in [-0.05, 0) is 24.3 Å². The van der Waals surface area contributed by atoms with E-state index in [-0.39, 0.29) is 27.7 Å². The number of anilines is 1. The molecule has 27 heavy (non-hydrogen) atoms. The predicted molar refractivity (Wildman–Crippen MR) is 102 cm³/mol. The van der Waals surface area contributed by atoms with Crippen LogP contribution in [0.5, 0.6) is 5.88 Å². The Morgan fingerprint density at radius 2 is 1.78 bits per heavy atom. The van der Waals surface area contributed by atoms with E-state index in [1.807, 2.05) is 6.07 Å². The summed E-state index contributed by atoms with van der Waals surface area (Å²) in [6.45, 7) is 1.01. The highest BCUT2D eigenvalue weighted by Crippen LogP contribution is 2.29. The van der Waals surface area contributed by atoms with Gasteiger partial charge in [-0.15, -0.1) is 0 Å². The molecule has 4 rings (SSSR count). The Morgan fingerprint density at radius 3 is 2.48 bits per heavy atom. The Bertz CT molecular complexity index is 1080. The summed E-state index contributed by atoms with van der Waals surface area (Å²) in [6.07, 6.45) is 0.495. The van der Waals surface area contributed by atoms with Gasteiger partial charge < -0.3 is 9.47 Å². The lowest BCUT2D eigenvalue weighted by Gasteiger charge is -2.16. The van der Waals surface area contributed by atoms with Gasteiger partial charge in [0.1, 0.15) is 11.0 Å². The first kappa shape index (κ1) is 18.0. The molecule has 1 atom stereocenters. The van der Waals surface area contributed by atoms with Gasteiger partial charge in [-0.1, -0.05) is 35.9 Å². The molecule has 1 aliphatic heterocycles. The molecular weight excluding hydrogens is 390 g/mol. The number of fused-ring (bicyclic) bond motifs is 1. The van der Waals surface area contributed by atoms with Crippen molar-refractivity contribution >= 4 is 38.5 Å². The van der Waals surface area contributed by atoms with Crippen LogP contribution in [0.4, 0.5) is 5.82 Å². The first-order valence-electron chi connectivity index (χ1n) is 8.31. The van der Waals surface area contributed by atoms with E-state index in [2.05, 4.69) is 14.7 Å². The van der Waals surface area contributed by atoms with Crippen molar-refractivity contribution in [1.82, 2.24) is 9.97 Å². The number of rotatable bonds is 5. The number of para-hydroxylation sites is 2. The van der Waals surface area contributed by atoms with Gasteiger partial charge in [0, 0.05) is 6.42 Å². The Kier molecular flexibility index (Phi) is 4.86. The van der Waals surface area contributed by atoms with Crippen LogP contribution in [0.15, 0.2) is 53.4 Å². The summed E-state index contributed by atoms with van der Waals surface area (Å²) in [4.78, 5) is 8.79. The quantitative estimate of drug-likeness (QED) is 0.700. The van der Waals surface area contributed by atoms with Crippen LogP contribution in [0.3, 0.4) is 0 Å². The third-order valence-electron chi connectivity index (χ3n) is 4.06. The molecule has 3 aromatic rings. The second-order valence-corrected chi connectivity index (χ2v) is 8.06. The number of nitrogens with zero attached hydrogens (tertiary/aromatic N) is 2. The number of aromatic nitrogens is 2. The maximum Gasteiger partial charge on any atom is 0.264 e. The van der Waals surface area contributed by atoms with Crippen molar-refractivity contribution in [3.05, 3.63) is 53.6 Å². The van der Waals surface area contributed by atoms with Crippen LogP contribution >= 0.6 is 11.6 Å². The van der Waals surface area contributed by atoms with Crippen LogP contribution in [-0.4, -0.2) is 37.7 Å². The predicted octanol–water partition coefficient (Wildman–Crippen LogP) is 3.25. The zero-order valence-corrected chi connectivity index (χ0v) is 15.7. The fraction of sp³-hybridized carbons (Fsp3) is 0.222. The fourth-order valence-electron chi connectivity index (χ4n) is 2.74. The molecule has 0 radical (unpaired) electrons. The molecule has 1 unspecified atom stereocenters. The Balaban J connectivity index is 1.75. The van der Waals surface area contributed by atoms with Crippen molar-refractivity contribution < 1.29 is 17.9 Å². The van der Waals surface area contributed by atoms with E-state index in [4.69, 9.17) is 21.1 Å². The molecule has 1 fully saturated rings. The number of sulfonamides is 1. The van der Waals surface area contributed by atoms with Crippen molar-refractivity contribution in [2.45, 2.75) is 17.4 Å². The van der Waals surface area contributed by atoms with Gasteiger partial charge in [-0.2, -0.15) is 0 Å². The minimum absolute atomic E-state index is 0.0144. The number of halogens is 1. The monoisotopic (exact) mass is 405 g/mol. The average molecular weight is 406 g/mol. The first-order valence-corrected chi connectivity index (χ1v) is 10.2. The molecule has 0 spiro atoms. The summed E-state index contributed by atoms with van der Waals surface area (Å²) in [7, 11) is -3.96. The maximum atomic E-state index is 12.8. The van der Waals surface area contributed by atoms with Crippen LogP contribution in [0, 0.1) is 0 Å². The highest BCUT2D eigenvalue weighted by molar-refractivity contribution is 7.92. The molecule has 0 saturated carbocycles. The van der Waals surface area contributed by atoms with E-state index in [9.17, 15) is 8.42 Å². The normalized spacial score (nSPS) is 17.1. The SMILES string of the molecule is O=S(=O)(Nc1nc2ccccc2nc1OC1CCOC1)c1ccccc1Cl. The molecule has 1 N–H and O–H groups in total. The third kappa shape index (κ3) is 3.83. The van der Waals surface area contributed by atoms with Crippen molar-refractivity contribution in [2.24, 2.45) is 0 Å². The van der Waals surface area contributed by atoms with E-state index in [0.29, 0.717) is 30.7 Å². The zero-order valence-electron chi connectivity index (χ0n) is 14.1. The van der Waals surface area contributed by atoms with Gasteiger partial charge in [-0.25, -0.2) is 18.4 Å². The van der Waals surface area contributed by atoms with E-state index < -0.39 is 10.0 Å². The topological polar surface area (TPSA) is 90.4 Å². The molecular formula is C18H16ClN3O4S. The van der Waals surface area contributed by atoms with Crippen LogP contribution < -0.4 is 9.46 Å². The highest BCUT2D eigenvalue weighted by atomic mass is 35.5. The van der Waals surface area contributed by atoms with E-state index in [0.717, 1.165) is 0 Å². The standard InChI is InChI=1S/C18H16ClN3O4S/c19-13-5-1-4-8-16(13)27(23,24)22-17-18(26-12-9-10-25-11-12)21-15-7-3-2-6-14(15)20-17/h1-8,12H,9-11H2,(H,20,22). The van der Waals surface area contributed by atoms with E-state index in [1.165, 1.54) is 12.1 Å². The maximum absolute atomic E-state index is 12.8. The summed E-state index contributed by atoms with van der Waals surface area (Å²) >= 11 is 6.04.